The minimum Gasteiger partial charge on any atom is -0.484 e. The number of aromatic nitrogens is 1. The molecule has 1 N–H and O–H groups in total. The lowest BCUT2D eigenvalue weighted by Crippen LogP contribution is -2.50. The maximum atomic E-state index is 12.5. The van der Waals surface area contributed by atoms with Gasteiger partial charge in [0.2, 0.25) is 0 Å². The molecule has 0 spiro atoms. The van der Waals surface area contributed by atoms with Crippen molar-refractivity contribution in [2.75, 3.05) is 43.0 Å². The molecular weight excluding hydrogens is 364 g/mol. The highest BCUT2D eigenvalue weighted by molar-refractivity contribution is 5.78. The largest absolute Gasteiger partial charge is 0.484 e. The van der Waals surface area contributed by atoms with E-state index in [0.29, 0.717) is 18.8 Å². The Balaban J connectivity index is 1.23. The fourth-order valence-corrected chi connectivity index (χ4v) is 3.28. The zero-order valence-electron chi connectivity index (χ0n) is 16.2. The van der Waals surface area contributed by atoms with Crippen molar-refractivity contribution in [1.29, 1.82) is 0 Å². The molecule has 1 fully saturated rings. The number of hydrogen-bond donors (Lipinski definition) is 1. The van der Waals surface area contributed by atoms with Crippen LogP contribution in [0.2, 0.25) is 0 Å². The second kappa shape index (κ2) is 9.10. The molecule has 2 aromatic carbocycles. The summed E-state index contributed by atoms with van der Waals surface area (Å²) in [4.78, 5) is 20.9. The van der Waals surface area contributed by atoms with Crippen LogP contribution in [0.4, 0.5) is 17.2 Å². The first-order valence-electron chi connectivity index (χ1n) is 9.77. The number of ether oxygens (including phenoxy) is 1. The number of carbonyl (C=O) groups excluding carboxylic acids is 1. The van der Waals surface area contributed by atoms with Gasteiger partial charge in [-0.15, -0.1) is 0 Å². The lowest BCUT2D eigenvalue weighted by molar-refractivity contribution is -0.133. The summed E-state index contributed by atoms with van der Waals surface area (Å²) in [5, 5.41) is 3.32. The van der Waals surface area contributed by atoms with Gasteiger partial charge in [0.1, 0.15) is 11.6 Å². The van der Waals surface area contributed by atoms with Crippen LogP contribution in [0.3, 0.4) is 0 Å². The monoisotopic (exact) mass is 388 g/mol. The summed E-state index contributed by atoms with van der Waals surface area (Å²) < 4.78 is 5.69. The predicted molar refractivity (Wildman–Crippen MR) is 115 cm³/mol. The Hall–Kier alpha value is -3.54. The third kappa shape index (κ3) is 5.04. The molecule has 148 valence electrons. The van der Waals surface area contributed by atoms with E-state index in [1.165, 1.54) is 0 Å². The molecule has 0 radical (unpaired) electrons. The fourth-order valence-electron chi connectivity index (χ4n) is 3.28. The molecule has 1 aliphatic rings. The van der Waals surface area contributed by atoms with E-state index in [1.54, 1.807) is 6.20 Å². The van der Waals surface area contributed by atoms with Crippen molar-refractivity contribution in [3.63, 3.8) is 0 Å². The van der Waals surface area contributed by atoms with Crippen molar-refractivity contribution < 1.29 is 9.53 Å². The normalized spacial score (nSPS) is 13.8. The molecular formula is C23H24N4O2. The molecule has 1 aliphatic heterocycles. The van der Waals surface area contributed by atoms with Crippen molar-refractivity contribution >= 4 is 23.1 Å². The molecule has 0 aliphatic carbocycles. The van der Waals surface area contributed by atoms with Crippen LogP contribution in [0.5, 0.6) is 5.75 Å². The Labute approximate surface area is 170 Å². The lowest BCUT2D eigenvalue weighted by atomic mass is 10.2. The van der Waals surface area contributed by atoms with Gasteiger partial charge in [-0.3, -0.25) is 4.79 Å². The number of nitrogens with zero attached hydrogens (tertiary/aromatic N) is 3. The van der Waals surface area contributed by atoms with Gasteiger partial charge >= 0.3 is 0 Å². The zero-order valence-corrected chi connectivity index (χ0v) is 16.2. The predicted octanol–water partition coefficient (Wildman–Crippen LogP) is 3.55. The van der Waals surface area contributed by atoms with E-state index in [9.17, 15) is 4.79 Å². The summed E-state index contributed by atoms with van der Waals surface area (Å²) in [7, 11) is 0. The first kappa shape index (κ1) is 18.8. The maximum Gasteiger partial charge on any atom is 0.260 e. The number of para-hydroxylation sites is 1. The van der Waals surface area contributed by atoms with Crippen molar-refractivity contribution in [1.82, 2.24) is 9.88 Å². The molecule has 29 heavy (non-hydrogen) atoms. The topological polar surface area (TPSA) is 57.7 Å². The molecule has 0 unspecified atom stereocenters. The quantitative estimate of drug-likeness (QED) is 0.700. The molecule has 2 heterocycles. The Morgan fingerprint density at radius 3 is 2.24 bits per heavy atom. The minimum atomic E-state index is 0.0113. The summed E-state index contributed by atoms with van der Waals surface area (Å²) >= 11 is 0. The summed E-state index contributed by atoms with van der Waals surface area (Å²) in [6.07, 6.45) is 1.79. The molecule has 6 heteroatoms. The van der Waals surface area contributed by atoms with E-state index in [-0.39, 0.29) is 12.5 Å². The number of carbonyl (C=O) groups is 1. The van der Waals surface area contributed by atoms with E-state index in [0.717, 1.165) is 30.3 Å². The van der Waals surface area contributed by atoms with Crippen LogP contribution in [-0.4, -0.2) is 48.6 Å². The highest BCUT2D eigenvalue weighted by Crippen LogP contribution is 2.20. The molecule has 0 saturated carbocycles. The zero-order chi connectivity index (χ0) is 19.9. The second-order valence-electron chi connectivity index (χ2n) is 6.86. The van der Waals surface area contributed by atoms with E-state index < -0.39 is 0 Å². The first-order valence-corrected chi connectivity index (χ1v) is 9.77. The number of rotatable bonds is 6. The molecule has 0 atom stereocenters. The summed E-state index contributed by atoms with van der Waals surface area (Å²) in [5.41, 5.74) is 2.00. The number of benzene rings is 2. The van der Waals surface area contributed by atoms with Gasteiger partial charge in [0, 0.05) is 43.8 Å². The average Bonchev–Trinajstić information content (AvgIpc) is 2.80. The SMILES string of the molecule is O=C(COc1ccc(Nc2ccccc2)cc1)N1CCN(c2ccccn2)CC1. The van der Waals surface area contributed by atoms with Crippen molar-refractivity contribution in [2.24, 2.45) is 0 Å². The second-order valence-corrected chi connectivity index (χ2v) is 6.86. The van der Waals surface area contributed by atoms with Gasteiger partial charge in [0.05, 0.1) is 0 Å². The molecule has 0 bridgehead atoms. The van der Waals surface area contributed by atoms with Crippen LogP contribution in [0.25, 0.3) is 0 Å². The third-order valence-corrected chi connectivity index (χ3v) is 4.88. The molecule has 4 rings (SSSR count). The smallest absolute Gasteiger partial charge is 0.260 e. The number of nitrogens with one attached hydrogen (secondary N) is 1. The van der Waals surface area contributed by atoms with Gasteiger partial charge in [-0.1, -0.05) is 24.3 Å². The van der Waals surface area contributed by atoms with Crippen LogP contribution in [0, 0.1) is 0 Å². The standard InChI is InChI=1S/C23H24N4O2/c28-23(27-16-14-26(15-17-27)22-8-4-5-13-24-22)18-29-21-11-9-20(10-12-21)25-19-6-2-1-3-7-19/h1-13,25H,14-18H2. The van der Waals surface area contributed by atoms with Crippen molar-refractivity contribution in [3.8, 4) is 5.75 Å². The van der Waals surface area contributed by atoms with Crippen LogP contribution in [0.15, 0.2) is 79.0 Å². The van der Waals surface area contributed by atoms with E-state index in [2.05, 4.69) is 15.2 Å². The molecule has 3 aromatic rings. The summed E-state index contributed by atoms with van der Waals surface area (Å²) in [6.45, 7) is 2.97. The number of hydrogen-bond acceptors (Lipinski definition) is 5. The van der Waals surface area contributed by atoms with Crippen LogP contribution in [0.1, 0.15) is 0 Å². The highest BCUT2D eigenvalue weighted by atomic mass is 16.5. The number of amides is 1. The van der Waals surface area contributed by atoms with E-state index >= 15 is 0 Å². The maximum absolute atomic E-state index is 12.5. The average molecular weight is 388 g/mol. The van der Waals surface area contributed by atoms with Gasteiger partial charge in [-0.05, 0) is 48.5 Å². The van der Waals surface area contributed by atoms with Crippen LogP contribution in [-0.2, 0) is 4.79 Å². The first-order chi connectivity index (χ1) is 14.3. The number of anilines is 3. The molecule has 1 aromatic heterocycles. The molecule has 6 nitrogen and oxygen atoms in total. The Bertz CT molecular complexity index is 909. The third-order valence-electron chi connectivity index (χ3n) is 4.88. The highest BCUT2D eigenvalue weighted by Gasteiger charge is 2.22. The van der Waals surface area contributed by atoms with Gasteiger partial charge in [-0.25, -0.2) is 4.98 Å². The number of pyridine rings is 1. The van der Waals surface area contributed by atoms with Crippen LogP contribution >= 0.6 is 0 Å². The molecule has 1 amide bonds. The number of piperazine rings is 1. The van der Waals surface area contributed by atoms with E-state index in [1.807, 2.05) is 77.7 Å². The molecule has 1 saturated heterocycles. The fraction of sp³-hybridized carbons (Fsp3) is 0.217. The Kier molecular flexibility index (Phi) is 5.90. The van der Waals surface area contributed by atoms with Gasteiger partial charge in [0.15, 0.2) is 6.61 Å². The Morgan fingerprint density at radius 1 is 0.862 bits per heavy atom. The Morgan fingerprint density at radius 2 is 1.55 bits per heavy atom. The lowest BCUT2D eigenvalue weighted by Gasteiger charge is -2.35. The van der Waals surface area contributed by atoms with E-state index in [4.69, 9.17) is 4.74 Å². The minimum absolute atomic E-state index is 0.0113. The van der Waals surface area contributed by atoms with Crippen molar-refractivity contribution in [3.05, 3.63) is 79.0 Å². The van der Waals surface area contributed by atoms with Crippen molar-refractivity contribution in [2.45, 2.75) is 0 Å². The van der Waals surface area contributed by atoms with Gasteiger partial charge in [-0.2, -0.15) is 0 Å². The summed E-state index contributed by atoms with van der Waals surface area (Å²) in [5.74, 6) is 1.65. The van der Waals surface area contributed by atoms with Gasteiger partial charge in [0.25, 0.3) is 5.91 Å². The summed E-state index contributed by atoms with van der Waals surface area (Å²) in [6, 6.07) is 23.5. The van der Waals surface area contributed by atoms with Gasteiger partial charge < -0.3 is 19.9 Å². The van der Waals surface area contributed by atoms with Crippen LogP contribution < -0.4 is 15.0 Å².